The first-order valence-electron chi connectivity index (χ1n) is 9.32. The predicted molar refractivity (Wildman–Crippen MR) is 122 cm³/mol. The predicted octanol–water partition coefficient (Wildman–Crippen LogP) is 5.60. The molecule has 29 heavy (non-hydrogen) atoms. The van der Waals surface area contributed by atoms with Gasteiger partial charge >= 0.3 is 0 Å². The van der Waals surface area contributed by atoms with E-state index in [0.29, 0.717) is 46.1 Å². The van der Waals surface area contributed by atoms with Gasteiger partial charge in [-0.2, -0.15) is 9.78 Å². The van der Waals surface area contributed by atoms with Gasteiger partial charge in [-0.1, -0.05) is 53.5 Å². The molecule has 2 aromatic carbocycles. The molecule has 7 heteroatoms. The highest BCUT2D eigenvalue weighted by Crippen LogP contribution is 2.22. The SMILES string of the molecule is C=CCOc1ccc(Cl)cc1C=Nn1c(CCCC)nc2ccc(Br)cc2c1=O. The number of halogens is 2. The number of unbranched alkanes of at least 4 members (excludes halogenated alkanes) is 1. The Morgan fingerprint density at radius 2 is 2.14 bits per heavy atom. The zero-order valence-corrected chi connectivity index (χ0v) is 18.4. The summed E-state index contributed by atoms with van der Waals surface area (Å²) in [5.74, 6) is 1.23. The van der Waals surface area contributed by atoms with Crippen LogP contribution < -0.4 is 10.3 Å². The van der Waals surface area contributed by atoms with Gasteiger partial charge < -0.3 is 4.74 Å². The second kappa shape index (κ2) is 9.85. The summed E-state index contributed by atoms with van der Waals surface area (Å²) < 4.78 is 7.84. The Morgan fingerprint density at radius 1 is 1.31 bits per heavy atom. The number of benzene rings is 2. The van der Waals surface area contributed by atoms with Crippen LogP contribution in [0.15, 0.2) is 63.4 Å². The third-order valence-electron chi connectivity index (χ3n) is 4.27. The van der Waals surface area contributed by atoms with Gasteiger partial charge in [-0.25, -0.2) is 4.98 Å². The Labute approximate surface area is 182 Å². The summed E-state index contributed by atoms with van der Waals surface area (Å²) in [5.41, 5.74) is 1.12. The van der Waals surface area contributed by atoms with Crippen LogP contribution >= 0.6 is 27.5 Å². The van der Waals surface area contributed by atoms with E-state index in [2.05, 4.69) is 39.5 Å². The van der Waals surface area contributed by atoms with Gasteiger partial charge in [0.15, 0.2) is 0 Å². The summed E-state index contributed by atoms with van der Waals surface area (Å²) in [4.78, 5) is 17.8. The van der Waals surface area contributed by atoms with Crippen LogP contribution in [-0.2, 0) is 6.42 Å². The van der Waals surface area contributed by atoms with Gasteiger partial charge in [-0.3, -0.25) is 4.79 Å². The van der Waals surface area contributed by atoms with Crippen molar-refractivity contribution in [3.63, 3.8) is 0 Å². The van der Waals surface area contributed by atoms with E-state index in [9.17, 15) is 4.79 Å². The van der Waals surface area contributed by atoms with E-state index in [1.54, 1.807) is 36.6 Å². The Bertz CT molecular complexity index is 1120. The van der Waals surface area contributed by atoms with Crippen molar-refractivity contribution in [2.24, 2.45) is 5.10 Å². The molecule has 1 aromatic heterocycles. The van der Waals surface area contributed by atoms with E-state index in [-0.39, 0.29) is 5.56 Å². The Balaban J connectivity index is 2.11. The van der Waals surface area contributed by atoms with Crippen molar-refractivity contribution < 1.29 is 4.74 Å². The Kier molecular flexibility index (Phi) is 7.23. The van der Waals surface area contributed by atoms with Crippen molar-refractivity contribution in [3.8, 4) is 5.75 Å². The number of nitrogens with zero attached hydrogens (tertiary/aromatic N) is 3. The molecule has 0 N–H and O–H groups in total. The molecule has 0 saturated carbocycles. The smallest absolute Gasteiger partial charge is 0.282 e. The van der Waals surface area contributed by atoms with Crippen molar-refractivity contribution >= 4 is 44.6 Å². The largest absolute Gasteiger partial charge is 0.489 e. The van der Waals surface area contributed by atoms with Crippen LogP contribution in [0.2, 0.25) is 5.02 Å². The monoisotopic (exact) mass is 473 g/mol. The third-order valence-corrected chi connectivity index (χ3v) is 5.00. The van der Waals surface area contributed by atoms with Gasteiger partial charge in [0, 0.05) is 21.5 Å². The molecule has 0 aliphatic heterocycles. The number of ether oxygens (including phenoxy) is 1. The third kappa shape index (κ3) is 5.14. The van der Waals surface area contributed by atoms with E-state index in [4.69, 9.17) is 16.3 Å². The van der Waals surface area contributed by atoms with Gasteiger partial charge in [0.1, 0.15) is 18.2 Å². The summed E-state index contributed by atoms with van der Waals surface area (Å²) >= 11 is 9.55. The van der Waals surface area contributed by atoms with Gasteiger partial charge in [-0.15, -0.1) is 0 Å². The number of aryl methyl sites for hydroxylation is 1. The number of aromatic nitrogens is 2. The first-order valence-corrected chi connectivity index (χ1v) is 10.5. The van der Waals surface area contributed by atoms with Crippen LogP contribution in [0.4, 0.5) is 0 Å². The molecule has 1 heterocycles. The lowest BCUT2D eigenvalue weighted by molar-refractivity contribution is 0.362. The van der Waals surface area contributed by atoms with Crippen LogP contribution in [0.25, 0.3) is 10.9 Å². The second-order valence-corrected chi connectivity index (χ2v) is 7.79. The lowest BCUT2D eigenvalue weighted by Crippen LogP contribution is -2.22. The number of rotatable bonds is 8. The van der Waals surface area contributed by atoms with Gasteiger partial charge in [0.25, 0.3) is 5.56 Å². The zero-order valence-electron chi connectivity index (χ0n) is 16.1. The molecule has 0 aliphatic carbocycles. The zero-order chi connectivity index (χ0) is 20.8. The Morgan fingerprint density at radius 3 is 2.90 bits per heavy atom. The highest BCUT2D eigenvalue weighted by atomic mass is 79.9. The molecular formula is C22H21BrClN3O2. The summed E-state index contributed by atoms with van der Waals surface area (Å²) in [6.45, 7) is 6.12. The molecule has 0 amide bonds. The lowest BCUT2D eigenvalue weighted by Gasteiger charge is -2.10. The number of hydrogen-bond donors (Lipinski definition) is 0. The summed E-state index contributed by atoms with van der Waals surface area (Å²) in [5, 5.41) is 5.51. The lowest BCUT2D eigenvalue weighted by atomic mass is 10.2. The summed E-state index contributed by atoms with van der Waals surface area (Å²) in [7, 11) is 0. The molecule has 150 valence electrons. The fourth-order valence-electron chi connectivity index (χ4n) is 2.83. The molecule has 0 saturated heterocycles. The minimum Gasteiger partial charge on any atom is -0.489 e. The quantitative estimate of drug-likeness (QED) is 0.315. The molecular weight excluding hydrogens is 454 g/mol. The highest BCUT2D eigenvalue weighted by Gasteiger charge is 2.11. The minimum absolute atomic E-state index is 0.214. The molecule has 0 spiro atoms. The van der Waals surface area contributed by atoms with Crippen LogP contribution in [-0.4, -0.2) is 22.5 Å². The van der Waals surface area contributed by atoms with Crippen molar-refractivity contribution in [2.75, 3.05) is 6.61 Å². The Hall–Kier alpha value is -2.44. The molecule has 0 unspecified atom stereocenters. The van der Waals surface area contributed by atoms with Crippen LogP contribution in [0, 0.1) is 0 Å². The van der Waals surface area contributed by atoms with E-state index >= 15 is 0 Å². The van der Waals surface area contributed by atoms with Crippen LogP contribution in [0.1, 0.15) is 31.2 Å². The average molecular weight is 475 g/mol. The second-order valence-electron chi connectivity index (χ2n) is 6.44. The fourth-order valence-corrected chi connectivity index (χ4v) is 3.37. The molecule has 3 rings (SSSR count). The van der Waals surface area contributed by atoms with Gasteiger partial charge in [0.05, 0.1) is 17.1 Å². The first-order chi connectivity index (χ1) is 14.0. The van der Waals surface area contributed by atoms with E-state index in [1.165, 1.54) is 4.68 Å². The number of fused-ring (bicyclic) bond motifs is 1. The first kappa shape index (κ1) is 21.3. The summed E-state index contributed by atoms with van der Waals surface area (Å²) in [6, 6.07) is 10.7. The number of hydrogen-bond acceptors (Lipinski definition) is 4. The molecule has 0 aliphatic rings. The molecule has 0 radical (unpaired) electrons. The fraction of sp³-hybridized carbons (Fsp3) is 0.227. The molecule has 0 fully saturated rings. The molecule has 5 nitrogen and oxygen atoms in total. The average Bonchev–Trinajstić information content (AvgIpc) is 2.71. The van der Waals surface area contributed by atoms with E-state index in [0.717, 1.165) is 17.3 Å². The van der Waals surface area contributed by atoms with Crippen molar-refractivity contribution in [2.45, 2.75) is 26.2 Å². The van der Waals surface area contributed by atoms with Crippen molar-refractivity contribution in [1.82, 2.24) is 9.66 Å². The standard InChI is InChI=1S/C22H21BrClN3O2/c1-3-5-6-21-26-19-9-7-16(23)13-18(19)22(28)27(21)25-14-15-12-17(24)8-10-20(15)29-11-4-2/h4,7-10,12-14H,2-3,5-6,11H2,1H3. The van der Waals surface area contributed by atoms with Crippen LogP contribution in [0.5, 0.6) is 5.75 Å². The minimum atomic E-state index is -0.214. The molecule has 0 atom stereocenters. The van der Waals surface area contributed by atoms with Crippen LogP contribution in [0.3, 0.4) is 0 Å². The van der Waals surface area contributed by atoms with Crippen molar-refractivity contribution in [1.29, 1.82) is 0 Å². The maximum atomic E-state index is 13.1. The van der Waals surface area contributed by atoms with Gasteiger partial charge in [-0.05, 0) is 42.8 Å². The van der Waals surface area contributed by atoms with Crippen molar-refractivity contribution in [3.05, 3.63) is 80.3 Å². The molecule has 3 aromatic rings. The maximum absolute atomic E-state index is 13.1. The normalized spacial score (nSPS) is 11.3. The maximum Gasteiger partial charge on any atom is 0.282 e. The van der Waals surface area contributed by atoms with Gasteiger partial charge in [0.2, 0.25) is 0 Å². The summed E-state index contributed by atoms with van der Waals surface area (Å²) in [6.07, 6.45) is 5.80. The molecule has 0 bridgehead atoms. The highest BCUT2D eigenvalue weighted by molar-refractivity contribution is 9.10. The van der Waals surface area contributed by atoms with E-state index < -0.39 is 0 Å². The topological polar surface area (TPSA) is 56.5 Å². The van der Waals surface area contributed by atoms with E-state index in [1.807, 2.05) is 12.1 Å².